The van der Waals surface area contributed by atoms with E-state index in [9.17, 15) is 8.78 Å². The van der Waals surface area contributed by atoms with Gasteiger partial charge in [0.25, 0.3) is 0 Å². The standard InChI is InChI=1S/C17H15F2NO/c1-10-3-6-15-11(7-10)8-16(21-15)17(20-2)13-9-12(18)4-5-14(13)19/h3-9,17,20H,1-2H3. The van der Waals surface area contributed by atoms with Crippen molar-refractivity contribution in [3.05, 3.63) is 71.0 Å². The molecule has 0 fully saturated rings. The lowest BCUT2D eigenvalue weighted by Gasteiger charge is -2.14. The van der Waals surface area contributed by atoms with Crippen molar-refractivity contribution >= 4 is 11.0 Å². The van der Waals surface area contributed by atoms with Crippen molar-refractivity contribution in [2.45, 2.75) is 13.0 Å². The van der Waals surface area contributed by atoms with E-state index in [0.29, 0.717) is 5.76 Å². The van der Waals surface area contributed by atoms with Crippen molar-refractivity contribution in [3.8, 4) is 0 Å². The molecule has 21 heavy (non-hydrogen) atoms. The van der Waals surface area contributed by atoms with Crippen LogP contribution in [0.1, 0.15) is 22.9 Å². The summed E-state index contributed by atoms with van der Waals surface area (Å²) in [5.74, 6) is -0.381. The molecule has 3 rings (SSSR count). The molecule has 2 aromatic carbocycles. The first-order valence-corrected chi connectivity index (χ1v) is 6.71. The van der Waals surface area contributed by atoms with E-state index in [1.807, 2.05) is 31.2 Å². The molecule has 0 amide bonds. The molecular weight excluding hydrogens is 272 g/mol. The summed E-state index contributed by atoms with van der Waals surface area (Å²) in [5.41, 5.74) is 2.08. The maximum absolute atomic E-state index is 14.0. The van der Waals surface area contributed by atoms with Crippen molar-refractivity contribution in [3.63, 3.8) is 0 Å². The summed E-state index contributed by atoms with van der Waals surface area (Å²) in [5, 5.41) is 3.92. The van der Waals surface area contributed by atoms with E-state index in [1.165, 1.54) is 6.07 Å². The van der Waals surface area contributed by atoms with E-state index < -0.39 is 17.7 Å². The molecule has 1 unspecified atom stereocenters. The zero-order valence-electron chi connectivity index (χ0n) is 11.8. The Morgan fingerprint density at radius 1 is 1.05 bits per heavy atom. The molecule has 2 nitrogen and oxygen atoms in total. The summed E-state index contributed by atoms with van der Waals surface area (Å²) in [4.78, 5) is 0. The van der Waals surface area contributed by atoms with Crippen molar-refractivity contribution in [1.82, 2.24) is 5.32 Å². The molecule has 0 aliphatic carbocycles. The summed E-state index contributed by atoms with van der Waals surface area (Å²) >= 11 is 0. The molecule has 0 aliphatic heterocycles. The number of hydrogen-bond donors (Lipinski definition) is 1. The molecule has 0 spiro atoms. The van der Waals surface area contributed by atoms with Gasteiger partial charge in [0.05, 0.1) is 6.04 Å². The first kappa shape index (κ1) is 13.8. The largest absolute Gasteiger partial charge is 0.459 e. The monoisotopic (exact) mass is 287 g/mol. The first-order valence-electron chi connectivity index (χ1n) is 6.71. The quantitative estimate of drug-likeness (QED) is 0.775. The minimum atomic E-state index is -0.534. The lowest BCUT2D eigenvalue weighted by molar-refractivity contribution is 0.473. The lowest BCUT2D eigenvalue weighted by atomic mass is 10.0. The Balaban J connectivity index is 2.11. The van der Waals surface area contributed by atoms with Crippen LogP contribution in [0.5, 0.6) is 0 Å². The molecule has 4 heteroatoms. The highest BCUT2D eigenvalue weighted by Crippen LogP contribution is 2.30. The fourth-order valence-corrected chi connectivity index (χ4v) is 2.51. The van der Waals surface area contributed by atoms with Crippen molar-refractivity contribution in [2.24, 2.45) is 0 Å². The Kier molecular flexibility index (Phi) is 3.47. The molecule has 0 aliphatic rings. The first-order chi connectivity index (χ1) is 10.1. The zero-order valence-corrected chi connectivity index (χ0v) is 11.8. The predicted molar refractivity (Wildman–Crippen MR) is 78.2 cm³/mol. The minimum Gasteiger partial charge on any atom is -0.459 e. The molecular formula is C17H15F2NO. The fraction of sp³-hybridized carbons (Fsp3) is 0.176. The maximum Gasteiger partial charge on any atom is 0.134 e. The second-order valence-corrected chi connectivity index (χ2v) is 5.08. The summed E-state index contributed by atoms with van der Waals surface area (Å²) < 4.78 is 33.1. The van der Waals surface area contributed by atoms with Gasteiger partial charge < -0.3 is 9.73 Å². The van der Waals surface area contributed by atoms with E-state index in [0.717, 1.165) is 28.7 Å². The molecule has 0 saturated carbocycles. The number of rotatable bonds is 3. The van der Waals surface area contributed by atoms with Crippen LogP contribution >= 0.6 is 0 Å². The Bertz CT molecular complexity index is 795. The molecule has 1 N–H and O–H groups in total. The fourth-order valence-electron chi connectivity index (χ4n) is 2.51. The molecule has 1 heterocycles. The van der Waals surface area contributed by atoms with Crippen molar-refractivity contribution in [2.75, 3.05) is 7.05 Å². The number of nitrogens with one attached hydrogen (secondary N) is 1. The number of hydrogen-bond acceptors (Lipinski definition) is 2. The topological polar surface area (TPSA) is 25.2 Å². The van der Waals surface area contributed by atoms with Crippen LogP contribution in [-0.4, -0.2) is 7.05 Å². The number of furan rings is 1. The van der Waals surface area contributed by atoms with Gasteiger partial charge in [-0.3, -0.25) is 0 Å². The van der Waals surface area contributed by atoms with E-state index in [-0.39, 0.29) is 5.56 Å². The van der Waals surface area contributed by atoms with Gasteiger partial charge in [0.15, 0.2) is 0 Å². The van der Waals surface area contributed by atoms with Gasteiger partial charge in [-0.05, 0) is 50.4 Å². The van der Waals surface area contributed by atoms with E-state index >= 15 is 0 Å². The van der Waals surface area contributed by atoms with Crippen LogP contribution < -0.4 is 5.32 Å². The molecule has 3 aromatic rings. The molecule has 1 aromatic heterocycles. The van der Waals surface area contributed by atoms with Gasteiger partial charge >= 0.3 is 0 Å². The Hall–Kier alpha value is -2.20. The van der Waals surface area contributed by atoms with Crippen LogP contribution in [0.3, 0.4) is 0 Å². The number of aryl methyl sites for hydroxylation is 1. The number of halogens is 2. The van der Waals surface area contributed by atoms with E-state index in [1.54, 1.807) is 7.05 Å². The number of fused-ring (bicyclic) bond motifs is 1. The van der Waals surface area contributed by atoms with Crippen LogP contribution in [0.4, 0.5) is 8.78 Å². The van der Waals surface area contributed by atoms with Gasteiger partial charge in [-0.2, -0.15) is 0 Å². The highest BCUT2D eigenvalue weighted by atomic mass is 19.1. The molecule has 0 saturated heterocycles. The Morgan fingerprint density at radius 3 is 2.62 bits per heavy atom. The van der Waals surface area contributed by atoms with Gasteiger partial charge in [0, 0.05) is 10.9 Å². The smallest absolute Gasteiger partial charge is 0.134 e. The third-order valence-corrected chi connectivity index (χ3v) is 3.53. The Labute approximate surface area is 121 Å². The van der Waals surface area contributed by atoms with Crippen molar-refractivity contribution < 1.29 is 13.2 Å². The summed E-state index contributed by atoms with van der Waals surface area (Å²) in [6.45, 7) is 1.99. The maximum atomic E-state index is 14.0. The third-order valence-electron chi connectivity index (χ3n) is 3.53. The predicted octanol–water partition coefficient (Wildman–Crippen LogP) is 4.33. The van der Waals surface area contributed by atoms with Gasteiger partial charge in [0.1, 0.15) is 23.0 Å². The summed E-state index contributed by atoms with van der Waals surface area (Å²) in [7, 11) is 1.69. The van der Waals surface area contributed by atoms with Crippen LogP contribution in [0, 0.1) is 18.6 Å². The third kappa shape index (κ3) is 2.54. The molecule has 0 bridgehead atoms. The van der Waals surface area contributed by atoms with Gasteiger partial charge in [0.2, 0.25) is 0 Å². The number of benzene rings is 2. The van der Waals surface area contributed by atoms with E-state index in [2.05, 4.69) is 5.32 Å². The zero-order chi connectivity index (χ0) is 15.0. The van der Waals surface area contributed by atoms with E-state index in [4.69, 9.17) is 4.42 Å². The SMILES string of the molecule is CNC(c1cc2cc(C)ccc2o1)c1cc(F)ccc1F. The van der Waals surface area contributed by atoms with Crippen LogP contribution in [0.2, 0.25) is 0 Å². The second kappa shape index (κ2) is 5.30. The molecule has 108 valence electrons. The van der Waals surface area contributed by atoms with Crippen molar-refractivity contribution in [1.29, 1.82) is 0 Å². The lowest BCUT2D eigenvalue weighted by Crippen LogP contribution is -2.18. The highest BCUT2D eigenvalue weighted by Gasteiger charge is 2.20. The summed E-state index contributed by atoms with van der Waals surface area (Å²) in [6, 6.07) is 10.6. The van der Waals surface area contributed by atoms with Crippen LogP contribution in [-0.2, 0) is 0 Å². The van der Waals surface area contributed by atoms with Crippen LogP contribution in [0.15, 0.2) is 46.9 Å². The molecule has 1 atom stereocenters. The van der Waals surface area contributed by atoms with Gasteiger partial charge in [-0.1, -0.05) is 11.6 Å². The average molecular weight is 287 g/mol. The average Bonchev–Trinajstić information content (AvgIpc) is 2.86. The minimum absolute atomic E-state index is 0.230. The second-order valence-electron chi connectivity index (χ2n) is 5.08. The van der Waals surface area contributed by atoms with Gasteiger partial charge in [-0.25, -0.2) is 8.78 Å². The Morgan fingerprint density at radius 2 is 1.86 bits per heavy atom. The summed E-state index contributed by atoms with van der Waals surface area (Å²) in [6.07, 6.45) is 0. The van der Waals surface area contributed by atoms with Crippen LogP contribution in [0.25, 0.3) is 11.0 Å². The molecule has 0 radical (unpaired) electrons. The van der Waals surface area contributed by atoms with Gasteiger partial charge in [-0.15, -0.1) is 0 Å². The normalized spacial score (nSPS) is 12.8. The highest BCUT2D eigenvalue weighted by molar-refractivity contribution is 5.79.